The summed E-state index contributed by atoms with van der Waals surface area (Å²) in [4.78, 5) is 4.86. The van der Waals surface area contributed by atoms with E-state index in [1.165, 1.54) is 0 Å². The fourth-order valence-corrected chi connectivity index (χ4v) is 2.89. The van der Waals surface area contributed by atoms with Crippen molar-refractivity contribution in [2.45, 2.75) is 0 Å². The first-order valence-corrected chi connectivity index (χ1v) is 7.87. The molecule has 0 radical (unpaired) electrons. The fourth-order valence-electron chi connectivity index (χ4n) is 2.89. The molecule has 116 valence electrons. The van der Waals surface area contributed by atoms with E-state index in [0.29, 0.717) is 0 Å². The molecule has 3 aromatic carbocycles. The molecule has 0 aliphatic heterocycles. The summed E-state index contributed by atoms with van der Waals surface area (Å²) < 4.78 is 2.20. The summed E-state index contributed by atoms with van der Waals surface area (Å²) in [6.07, 6.45) is 1.67. The van der Waals surface area contributed by atoms with E-state index in [1.54, 1.807) is 6.20 Å². The van der Waals surface area contributed by atoms with E-state index in [-0.39, 0.29) is 0 Å². The number of hydrogen-bond donors (Lipinski definition) is 1. The van der Waals surface area contributed by atoms with Crippen LogP contribution in [0.1, 0.15) is 0 Å². The second-order valence-electron chi connectivity index (χ2n) is 5.52. The van der Waals surface area contributed by atoms with E-state index < -0.39 is 0 Å². The predicted molar refractivity (Wildman–Crippen MR) is 100 cm³/mol. The van der Waals surface area contributed by atoms with Crippen LogP contribution in [-0.4, -0.2) is 9.55 Å². The first-order valence-electron chi connectivity index (χ1n) is 7.87. The highest BCUT2D eigenvalue weighted by molar-refractivity contribution is 5.83. The van der Waals surface area contributed by atoms with Crippen LogP contribution in [0.5, 0.6) is 0 Å². The maximum Gasteiger partial charge on any atom is 0.145 e. The Labute approximate surface area is 140 Å². The SMILES string of the molecule is C=CNc1ccc(-c2nc3ccccc3n2-c2ccccc2)cc1. The van der Waals surface area contributed by atoms with Gasteiger partial charge in [-0.05, 0) is 54.7 Å². The highest BCUT2D eigenvalue weighted by Gasteiger charge is 2.13. The van der Waals surface area contributed by atoms with Crippen LogP contribution < -0.4 is 5.32 Å². The lowest BCUT2D eigenvalue weighted by molar-refractivity contribution is 1.10. The molecule has 1 aromatic heterocycles. The summed E-state index contributed by atoms with van der Waals surface area (Å²) in [6.45, 7) is 3.69. The van der Waals surface area contributed by atoms with Crippen LogP contribution in [0.15, 0.2) is 91.6 Å². The van der Waals surface area contributed by atoms with Crippen molar-refractivity contribution in [3.63, 3.8) is 0 Å². The van der Waals surface area contributed by atoms with Gasteiger partial charge in [0.25, 0.3) is 0 Å². The number of nitrogens with one attached hydrogen (secondary N) is 1. The summed E-state index contributed by atoms with van der Waals surface area (Å²) in [6, 6.07) is 26.8. The average Bonchev–Trinajstić information content (AvgIpc) is 3.03. The van der Waals surface area contributed by atoms with Gasteiger partial charge in [-0.25, -0.2) is 4.98 Å². The standard InChI is InChI=1S/C21H17N3/c1-2-22-17-14-12-16(13-15-17)21-23-19-10-6-7-11-20(19)24(21)18-8-4-3-5-9-18/h2-15,22H,1H2. The zero-order valence-electron chi connectivity index (χ0n) is 13.2. The van der Waals surface area contributed by atoms with Gasteiger partial charge < -0.3 is 5.32 Å². The van der Waals surface area contributed by atoms with Crippen LogP contribution in [0, 0.1) is 0 Å². The van der Waals surface area contributed by atoms with Gasteiger partial charge in [0.1, 0.15) is 5.82 Å². The molecule has 0 amide bonds. The molecule has 0 bridgehead atoms. The van der Waals surface area contributed by atoms with Gasteiger partial charge in [-0.15, -0.1) is 0 Å². The van der Waals surface area contributed by atoms with Crippen molar-refractivity contribution in [2.24, 2.45) is 0 Å². The number of rotatable bonds is 4. The molecule has 0 saturated carbocycles. The minimum atomic E-state index is 0.938. The summed E-state index contributed by atoms with van der Waals surface area (Å²) >= 11 is 0. The number of nitrogens with zero attached hydrogens (tertiary/aromatic N) is 2. The molecular formula is C21H17N3. The van der Waals surface area contributed by atoms with Gasteiger partial charge in [-0.1, -0.05) is 36.9 Å². The molecule has 4 aromatic rings. The van der Waals surface area contributed by atoms with Crippen LogP contribution in [-0.2, 0) is 0 Å². The van der Waals surface area contributed by atoms with Crippen molar-refractivity contribution in [3.8, 4) is 17.1 Å². The van der Waals surface area contributed by atoms with Crippen LogP contribution in [0.4, 0.5) is 5.69 Å². The minimum Gasteiger partial charge on any atom is -0.362 e. The van der Waals surface area contributed by atoms with Crippen molar-refractivity contribution >= 4 is 16.7 Å². The van der Waals surface area contributed by atoms with Gasteiger partial charge in [-0.2, -0.15) is 0 Å². The molecule has 3 nitrogen and oxygen atoms in total. The predicted octanol–water partition coefficient (Wildman–Crippen LogP) is 5.25. The Kier molecular flexibility index (Phi) is 3.60. The molecule has 0 saturated heterocycles. The smallest absolute Gasteiger partial charge is 0.145 e. The topological polar surface area (TPSA) is 29.9 Å². The maximum atomic E-state index is 4.86. The van der Waals surface area contributed by atoms with E-state index in [4.69, 9.17) is 4.98 Å². The first-order chi connectivity index (χ1) is 11.9. The Morgan fingerprint density at radius 2 is 1.54 bits per heavy atom. The molecule has 0 unspecified atom stereocenters. The molecule has 0 fully saturated rings. The molecule has 1 N–H and O–H groups in total. The van der Waals surface area contributed by atoms with Crippen molar-refractivity contribution < 1.29 is 0 Å². The van der Waals surface area contributed by atoms with Crippen molar-refractivity contribution in [1.29, 1.82) is 0 Å². The molecule has 0 spiro atoms. The molecule has 0 aliphatic carbocycles. The second kappa shape index (κ2) is 6.05. The van der Waals surface area contributed by atoms with Crippen LogP contribution in [0.3, 0.4) is 0 Å². The minimum absolute atomic E-state index is 0.938. The monoisotopic (exact) mass is 311 g/mol. The lowest BCUT2D eigenvalue weighted by Gasteiger charge is -2.10. The second-order valence-corrected chi connectivity index (χ2v) is 5.52. The maximum absolute atomic E-state index is 4.86. The molecule has 3 heteroatoms. The third-order valence-electron chi connectivity index (χ3n) is 3.99. The number of benzene rings is 3. The normalized spacial score (nSPS) is 10.7. The summed E-state index contributed by atoms with van der Waals surface area (Å²) in [5.41, 5.74) is 5.28. The number of anilines is 1. The van der Waals surface area contributed by atoms with Gasteiger partial charge in [-0.3, -0.25) is 4.57 Å². The third-order valence-corrected chi connectivity index (χ3v) is 3.99. The van der Waals surface area contributed by atoms with Crippen LogP contribution in [0.25, 0.3) is 28.1 Å². The molecule has 4 rings (SSSR count). The van der Waals surface area contributed by atoms with Gasteiger partial charge in [0.05, 0.1) is 11.0 Å². The number of hydrogen-bond acceptors (Lipinski definition) is 2. The largest absolute Gasteiger partial charge is 0.362 e. The average molecular weight is 311 g/mol. The first kappa shape index (κ1) is 14.3. The zero-order valence-corrected chi connectivity index (χ0v) is 13.2. The number of aromatic nitrogens is 2. The summed E-state index contributed by atoms with van der Waals surface area (Å²) in [5.74, 6) is 0.938. The van der Waals surface area contributed by atoms with Crippen molar-refractivity contribution in [3.05, 3.63) is 91.6 Å². The zero-order chi connectivity index (χ0) is 16.4. The van der Waals surface area contributed by atoms with Crippen LogP contribution >= 0.6 is 0 Å². The Hall–Kier alpha value is -3.33. The number of imidazole rings is 1. The Balaban J connectivity index is 1.93. The highest BCUT2D eigenvalue weighted by Crippen LogP contribution is 2.29. The summed E-state index contributed by atoms with van der Waals surface area (Å²) in [5, 5.41) is 3.10. The molecular weight excluding hydrogens is 294 g/mol. The van der Waals surface area contributed by atoms with E-state index in [1.807, 2.05) is 48.5 Å². The van der Waals surface area contributed by atoms with E-state index >= 15 is 0 Å². The highest BCUT2D eigenvalue weighted by atomic mass is 15.1. The third kappa shape index (κ3) is 2.46. The Morgan fingerprint density at radius 3 is 2.29 bits per heavy atom. The van der Waals surface area contributed by atoms with Crippen molar-refractivity contribution in [1.82, 2.24) is 9.55 Å². The van der Waals surface area contributed by atoms with E-state index in [2.05, 4.69) is 46.8 Å². The quantitative estimate of drug-likeness (QED) is 0.558. The van der Waals surface area contributed by atoms with E-state index in [0.717, 1.165) is 33.8 Å². The van der Waals surface area contributed by atoms with E-state index in [9.17, 15) is 0 Å². The van der Waals surface area contributed by atoms with Gasteiger partial charge in [0.15, 0.2) is 0 Å². The molecule has 0 aliphatic rings. The lowest BCUT2D eigenvalue weighted by atomic mass is 10.2. The lowest BCUT2D eigenvalue weighted by Crippen LogP contribution is -1.97. The Bertz CT molecular complexity index is 983. The van der Waals surface area contributed by atoms with Crippen LogP contribution in [0.2, 0.25) is 0 Å². The number of para-hydroxylation sites is 3. The van der Waals surface area contributed by atoms with Crippen molar-refractivity contribution in [2.75, 3.05) is 5.32 Å². The Morgan fingerprint density at radius 1 is 0.833 bits per heavy atom. The fraction of sp³-hybridized carbons (Fsp3) is 0. The van der Waals surface area contributed by atoms with Gasteiger partial charge >= 0.3 is 0 Å². The van der Waals surface area contributed by atoms with Gasteiger partial charge in [0.2, 0.25) is 0 Å². The summed E-state index contributed by atoms with van der Waals surface area (Å²) in [7, 11) is 0. The van der Waals surface area contributed by atoms with Gasteiger partial charge in [0, 0.05) is 16.9 Å². The molecule has 0 atom stereocenters. The number of fused-ring (bicyclic) bond motifs is 1. The molecule has 1 heterocycles. The molecule has 24 heavy (non-hydrogen) atoms.